The summed E-state index contributed by atoms with van der Waals surface area (Å²) < 4.78 is 1.16. The summed E-state index contributed by atoms with van der Waals surface area (Å²) in [6, 6.07) is 18.2. The standard InChI is InChI=1S/C21H24IN3O/c22-19-8-10-20(11-9-19)23-21(26)17-25-15-13-24(14-16-25)12-4-7-18-5-2-1-3-6-18/h1-11H,12-17H2,(H,23,26)/b7-4+. The maximum absolute atomic E-state index is 12.2. The molecular formula is C21H24IN3O. The van der Waals surface area contributed by atoms with Crippen LogP contribution in [0, 0.1) is 3.57 Å². The number of anilines is 1. The Kier molecular flexibility index (Phi) is 7.22. The lowest BCUT2D eigenvalue weighted by atomic mass is 10.2. The van der Waals surface area contributed by atoms with Gasteiger partial charge in [0.25, 0.3) is 0 Å². The number of piperazine rings is 1. The van der Waals surface area contributed by atoms with Gasteiger partial charge in [0.2, 0.25) is 5.91 Å². The smallest absolute Gasteiger partial charge is 0.238 e. The fourth-order valence-corrected chi connectivity index (χ4v) is 3.33. The van der Waals surface area contributed by atoms with Gasteiger partial charge in [-0.15, -0.1) is 0 Å². The van der Waals surface area contributed by atoms with Gasteiger partial charge in [-0.3, -0.25) is 14.6 Å². The average Bonchev–Trinajstić information content (AvgIpc) is 2.66. The van der Waals surface area contributed by atoms with Crippen molar-refractivity contribution in [2.24, 2.45) is 0 Å². The predicted octanol–water partition coefficient (Wildman–Crippen LogP) is 3.56. The number of hydrogen-bond donors (Lipinski definition) is 1. The molecular weight excluding hydrogens is 437 g/mol. The van der Waals surface area contributed by atoms with Crippen LogP contribution in [0.1, 0.15) is 5.56 Å². The van der Waals surface area contributed by atoms with Crippen molar-refractivity contribution in [3.05, 3.63) is 69.8 Å². The van der Waals surface area contributed by atoms with Gasteiger partial charge in [-0.25, -0.2) is 0 Å². The van der Waals surface area contributed by atoms with E-state index in [1.54, 1.807) is 0 Å². The van der Waals surface area contributed by atoms with E-state index in [-0.39, 0.29) is 5.91 Å². The quantitative estimate of drug-likeness (QED) is 0.669. The molecule has 0 saturated carbocycles. The van der Waals surface area contributed by atoms with Gasteiger partial charge in [0.15, 0.2) is 0 Å². The lowest BCUT2D eigenvalue weighted by molar-refractivity contribution is -0.117. The molecule has 1 aliphatic rings. The molecule has 1 fully saturated rings. The number of benzene rings is 2. The van der Waals surface area contributed by atoms with E-state index in [0.29, 0.717) is 6.54 Å². The van der Waals surface area contributed by atoms with Crippen LogP contribution in [0.25, 0.3) is 6.08 Å². The van der Waals surface area contributed by atoms with Crippen molar-refractivity contribution in [2.45, 2.75) is 0 Å². The summed E-state index contributed by atoms with van der Waals surface area (Å²) in [6.45, 7) is 5.27. The van der Waals surface area contributed by atoms with Gasteiger partial charge in [0.05, 0.1) is 6.54 Å². The molecule has 2 aromatic carbocycles. The van der Waals surface area contributed by atoms with Gasteiger partial charge in [-0.2, -0.15) is 0 Å². The highest BCUT2D eigenvalue weighted by molar-refractivity contribution is 14.1. The zero-order valence-electron chi connectivity index (χ0n) is 14.8. The highest BCUT2D eigenvalue weighted by Gasteiger charge is 2.18. The molecule has 1 saturated heterocycles. The molecule has 0 aromatic heterocycles. The Labute approximate surface area is 169 Å². The van der Waals surface area contributed by atoms with Crippen LogP contribution in [0.5, 0.6) is 0 Å². The molecule has 26 heavy (non-hydrogen) atoms. The predicted molar refractivity (Wildman–Crippen MR) is 116 cm³/mol. The summed E-state index contributed by atoms with van der Waals surface area (Å²) in [5.74, 6) is 0.0589. The van der Waals surface area contributed by atoms with Crippen molar-refractivity contribution in [3.8, 4) is 0 Å². The monoisotopic (exact) mass is 461 g/mol. The summed E-state index contributed by atoms with van der Waals surface area (Å²) in [4.78, 5) is 16.8. The fraction of sp³-hybridized carbons (Fsp3) is 0.286. The molecule has 0 atom stereocenters. The van der Waals surface area contributed by atoms with E-state index in [0.717, 1.165) is 42.0 Å². The van der Waals surface area contributed by atoms with Crippen LogP contribution in [0.2, 0.25) is 0 Å². The minimum atomic E-state index is 0.0589. The van der Waals surface area contributed by atoms with Crippen molar-refractivity contribution in [2.75, 3.05) is 44.6 Å². The molecule has 0 radical (unpaired) electrons. The number of hydrogen-bond acceptors (Lipinski definition) is 3. The van der Waals surface area contributed by atoms with E-state index in [9.17, 15) is 4.79 Å². The van der Waals surface area contributed by atoms with Crippen molar-refractivity contribution >= 4 is 40.3 Å². The number of amides is 1. The van der Waals surface area contributed by atoms with Crippen LogP contribution in [0.15, 0.2) is 60.7 Å². The van der Waals surface area contributed by atoms with Gasteiger partial charge in [0.1, 0.15) is 0 Å². The van der Waals surface area contributed by atoms with Crippen molar-refractivity contribution in [3.63, 3.8) is 0 Å². The molecule has 2 aromatic rings. The highest BCUT2D eigenvalue weighted by Crippen LogP contribution is 2.11. The second-order valence-corrected chi connectivity index (χ2v) is 7.69. The minimum absolute atomic E-state index is 0.0589. The number of nitrogens with zero attached hydrogens (tertiary/aromatic N) is 2. The fourth-order valence-electron chi connectivity index (χ4n) is 2.97. The molecule has 1 N–H and O–H groups in total. The van der Waals surface area contributed by atoms with E-state index in [4.69, 9.17) is 0 Å². The largest absolute Gasteiger partial charge is 0.325 e. The van der Waals surface area contributed by atoms with Crippen LogP contribution in [0.3, 0.4) is 0 Å². The first-order valence-electron chi connectivity index (χ1n) is 8.91. The SMILES string of the molecule is O=C(CN1CCN(C/C=C/c2ccccc2)CC1)Nc1ccc(I)cc1. The van der Waals surface area contributed by atoms with Gasteiger partial charge >= 0.3 is 0 Å². The summed E-state index contributed by atoms with van der Waals surface area (Å²) in [5.41, 5.74) is 2.10. The Balaban J connectivity index is 1.37. The molecule has 0 aliphatic carbocycles. The Bertz CT molecular complexity index is 723. The first-order chi connectivity index (χ1) is 12.7. The molecule has 1 amide bonds. The average molecular weight is 461 g/mol. The van der Waals surface area contributed by atoms with Crippen LogP contribution in [-0.4, -0.2) is 55.0 Å². The Hall–Kier alpha value is -1.70. The molecule has 0 unspecified atom stereocenters. The van der Waals surface area contributed by atoms with Crippen molar-refractivity contribution in [1.29, 1.82) is 0 Å². The highest BCUT2D eigenvalue weighted by atomic mass is 127. The summed E-state index contributed by atoms with van der Waals surface area (Å²) >= 11 is 2.26. The van der Waals surface area contributed by atoms with Crippen molar-refractivity contribution < 1.29 is 4.79 Å². The Morgan fingerprint density at radius 3 is 2.31 bits per heavy atom. The zero-order valence-corrected chi connectivity index (χ0v) is 16.9. The van der Waals surface area contributed by atoms with E-state index >= 15 is 0 Å². The minimum Gasteiger partial charge on any atom is -0.325 e. The summed E-state index contributed by atoms with van der Waals surface area (Å²) in [5, 5.41) is 2.97. The van der Waals surface area contributed by atoms with Crippen LogP contribution < -0.4 is 5.32 Å². The van der Waals surface area contributed by atoms with E-state index in [1.165, 1.54) is 5.56 Å². The topological polar surface area (TPSA) is 35.6 Å². The maximum Gasteiger partial charge on any atom is 0.238 e. The first kappa shape index (κ1) is 19.1. The van der Waals surface area contributed by atoms with Crippen LogP contribution in [0.4, 0.5) is 5.69 Å². The van der Waals surface area contributed by atoms with E-state index < -0.39 is 0 Å². The first-order valence-corrected chi connectivity index (χ1v) is 9.99. The lowest BCUT2D eigenvalue weighted by Crippen LogP contribution is -2.48. The van der Waals surface area contributed by atoms with Gasteiger partial charge in [-0.1, -0.05) is 42.5 Å². The number of carbonyl (C=O) groups is 1. The third-order valence-electron chi connectivity index (χ3n) is 4.43. The third kappa shape index (κ3) is 6.23. The molecule has 136 valence electrons. The summed E-state index contributed by atoms with van der Waals surface area (Å²) in [7, 11) is 0. The number of nitrogens with one attached hydrogen (secondary N) is 1. The van der Waals surface area contributed by atoms with Gasteiger partial charge in [0, 0.05) is 42.0 Å². The van der Waals surface area contributed by atoms with Crippen LogP contribution in [-0.2, 0) is 4.79 Å². The molecule has 4 nitrogen and oxygen atoms in total. The number of rotatable bonds is 6. The molecule has 3 rings (SSSR count). The number of carbonyl (C=O) groups excluding carboxylic acids is 1. The maximum atomic E-state index is 12.2. The van der Waals surface area contributed by atoms with E-state index in [2.05, 4.69) is 74.1 Å². The molecule has 0 spiro atoms. The normalized spacial score (nSPS) is 16.0. The van der Waals surface area contributed by atoms with Gasteiger partial charge in [-0.05, 0) is 52.4 Å². The zero-order chi connectivity index (χ0) is 18.2. The lowest BCUT2D eigenvalue weighted by Gasteiger charge is -2.33. The molecule has 1 heterocycles. The Morgan fingerprint density at radius 1 is 0.962 bits per heavy atom. The van der Waals surface area contributed by atoms with Crippen molar-refractivity contribution in [1.82, 2.24) is 9.80 Å². The summed E-state index contributed by atoms with van der Waals surface area (Å²) in [6.07, 6.45) is 4.38. The second-order valence-electron chi connectivity index (χ2n) is 6.44. The van der Waals surface area contributed by atoms with E-state index in [1.807, 2.05) is 30.3 Å². The van der Waals surface area contributed by atoms with Gasteiger partial charge < -0.3 is 5.32 Å². The third-order valence-corrected chi connectivity index (χ3v) is 5.15. The Morgan fingerprint density at radius 2 is 1.62 bits per heavy atom. The second kappa shape index (κ2) is 9.85. The molecule has 0 bridgehead atoms. The van der Waals surface area contributed by atoms with Crippen LogP contribution >= 0.6 is 22.6 Å². The number of halogens is 1. The molecule has 1 aliphatic heterocycles. The molecule has 5 heteroatoms.